The summed E-state index contributed by atoms with van der Waals surface area (Å²) in [6, 6.07) is 13.8. The number of para-hydroxylation sites is 2. The summed E-state index contributed by atoms with van der Waals surface area (Å²) in [5, 5.41) is 3.32. The quantitative estimate of drug-likeness (QED) is 0.715. The third-order valence-electron chi connectivity index (χ3n) is 3.51. The largest absolute Gasteiger partial charge is 0.493 e. The topological polar surface area (TPSA) is 73.9 Å². The lowest BCUT2D eigenvalue weighted by atomic mass is 10.1. The van der Waals surface area contributed by atoms with Crippen molar-refractivity contribution >= 4 is 23.5 Å². The Morgan fingerprint density at radius 2 is 1.81 bits per heavy atom. The fourth-order valence-electron chi connectivity index (χ4n) is 2.20. The molecule has 0 saturated heterocycles. The summed E-state index contributed by atoms with van der Waals surface area (Å²) in [6.45, 7) is 1.10. The van der Waals surface area contributed by atoms with Crippen LogP contribution in [-0.4, -0.2) is 32.2 Å². The number of ether oxygens (including phenoxy) is 3. The summed E-state index contributed by atoms with van der Waals surface area (Å²) in [4.78, 5) is 23.6. The average Bonchev–Trinajstić information content (AvgIpc) is 2.64. The van der Waals surface area contributed by atoms with Gasteiger partial charge in [0.1, 0.15) is 0 Å². The highest BCUT2D eigenvalue weighted by molar-refractivity contribution is 6.30. The highest BCUT2D eigenvalue weighted by Crippen LogP contribution is 2.25. The van der Waals surface area contributed by atoms with Gasteiger partial charge in [0, 0.05) is 5.02 Å². The van der Waals surface area contributed by atoms with E-state index in [-0.39, 0.29) is 19.3 Å². The SMILES string of the molecule is COc1ccccc1OCC(=O)OCC(=O)N[C@@H](C)c1cccc(Cl)c1. The number of amides is 1. The maximum atomic E-state index is 11.9. The zero-order chi connectivity index (χ0) is 18.9. The first-order valence-corrected chi connectivity index (χ1v) is 8.33. The highest BCUT2D eigenvalue weighted by atomic mass is 35.5. The first kappa shape index (κ1) is 19.6. The van der Waals surface area contributed by atoms with Gasteiger partial charge in [-0.1, -0.05) is 35.9 Å². The van der Waals surface area contributed by atoms with Crippen molar-refractivity contribution in [2.75, 3.05) is 20.3 Å². The Labute approximate surface area is 157 Å². The van der Waals surface area contributed by atoms with E-state index in [1.54, 1.807) is 42.5 Å². The number of carbonyl (C=O) groups is 2. The van der Waals surface area contributed by atoms with E-state index in [0.717, 1.165) is 5.56 Å². The van der Waals surface area contributed by atoms with Crippen LogP contribution in [-0.2, 0) is 14.3 Å². The summed E-state index contributed by atoms with van der Waals surface area (Å²) in [5.74, 6) is -0.135. The van der Waals surface area contributed by atoms with Crippen LogP contribution in [0.5, 0.6) is 11.5 Å². The van der Waals surface area contributed by atoms with Gasteiger partial charge in [-0.2, -0.15) is 0 Å². The van der Waals surface area contributed by atoms with E-state index in [4.69, 9.17) is 25.8 Å². The van der Waals surface area contributed by atoms with Crippen LogP contribution in [0.2, 0.25) is 5.02 Å². The van der Waals surface area contributed by atoms with Crippen molar-refractivity contribution in [2.45, 2.75) is 13.0 Å². The molecule has 1 amide bonds. The lowest BCUT2D eigenvalue weighted by Crippen LogP contribution is -2.31. The second-order valence-electron chi connectivity index (χ2n) is 5.44. The fourth-order valence-corrected chi connectivity index (χ4v) is 2.40. The Kier molecular flexibility index (Phi) is 7.29. The molecule has 6 nitrogen and oxygen atoms in total. The summed E-state index contributed by atoms with van der Waals surface area (Å²) in [7, 11) is 1.51. The molecule has 2 rings (SSSR count). The third kappa shape index (κ3) is 5.97. The Morgan fingerprint density at radius 3 is 2.50 bits per heavy atom. The molecule has 138 valence electrons. The number of carbonyl (C=O) groups excluding carboxylic acids is 2. The Balaban J connectivity index is 1.75. The predicted octanol–water partition coefficient (Wildman–Crippen LogP) is 3.15. The number of rotatable bonds is 8. The van der Waals surface area contributed by atoms with Crippen LogP contribution >= 0.6 is 11.6 Å². The van der Waals surface area contributed by atoms with Gasteiger partial charge in [-0.25, -0.2) is 4.79 Å². The van der Waals surface area contributed by atoms with Crippen LogP contribution in [0.3, 0.4) is 0 Å². The normalized spacial score (nSPS) is 11.3. The molecule has 0 heterocycles. The van der Waals surface area contributed by atoms with Gasteiger partial charge in [0.2, 0.25) is 0 Å². The molecule has 0 bridgehead atoms. The van der Waals surface area contributed by atoms with Crippen molar-refractivity contribution < 1.29 is 23.8 Å². The molecular weight excluding hydrogens is 358 g/mol. The van der Waals surface area contributed by atoms with Crippen molar-refractivity contribution in [1.29, 1.82) is 0 Å². The van der Waals surface area contributed by atoms with E-state index >= 15 is 0 Å². The van der Waals surface area contributed by atoms with Crippen LogP contribution in [0.1, 0.15) is 18.5 Å². The molecule has 0 fully saturated rings. The van der Waals surface area contributed by atoms with Gasteiger partial charge < -0.3 is 19.5 Å². The van der Waals surface area contributed by atoms with E-state index < -0.39 is 11.9 Å². The van der Waals surface area contributed by atoms with Gasteiger partial charge in [-0.15, -0.1) is 0 Å². The van der Waals surface area contributed by atoms with E-state index in [1.165, 1.54) is 7.11 Å². The molecule has 0 saturated carbocycles. The van der Waals surface area contributed by atoms with E-state index in [2.05, 4.69) is 5.32 Å². The second-order valence-corrected chi connectivity index (χ2v) is 5.88. The fraction of sp³-hybridized carbons (Fsp3) is 0.263. The lowest BCUT2D eigenvalue weighted by Gasteiger charge is -2.15. The Bertz CT molecular complexity index is 765. The van der Waals surface area contributed by atoms with E-state index in [0.29, 0.717) is 16.5 Å². The van der Waals surface area contributed by atoms with Crippen LogP contribution in [0, 0.1) is 0 Å². The maximum absolute atomic E-state index is 11.9. The van der Waals surface area contributed by atoms with Crippen molar-refractivity contribution in [3.8, 4) is 11.5 Å². The second kappa shape index (κ2) is 9.68. The first-order chi connectivity index (χ1) is 12.5. The monoisotopic (exact) mass is 377 g/mol. The first-order valence-electron chi connectivity index (χ1n) is 7.96. The minimum absolute atomic E-state index is 0.260. The average molecular weight is 378 g/mol. The number of halogens is 1. The summed E-state index contributed by atoms with van der Waals surface area (Å²) < 4.78 is 15.4. The molecule has 1 atom stereocenters. The molecule has 0 radical (unpaired) electrons. The molecule has 0 aromatic heterocycles. The van der Waals surface area contributed by atoms with Gasteiger partial charge in [0.15, 0.2) is 24.7 Å². The van der Waals surface area contributed by atoms with Crippen LogP contribution in [0.15, 0.2) is 48.5 Å². The summed E-state index contributed by atoms with van der Waals surface area (Å²) in [5.41, 5.74) is 0.858. The molecule has 7 heteroatoms. The minimum Gasteiger partial charge on any atom is -0.493 e. The molecule has 1 N–H and O–H groups in total. The number of benzene rings is 2. The molecule has 26 heavy (non-hydrogen) atoms. The predicted molar refractivity (Wildman–Crippen MR) is 97.5 cm³/mol. The van der Waals surface area contributed by atoms with Crippen molar-refractivity contribution in [3.05, 3.63) is 59.1 Å². The van der Waals surface area contributed by atoms with Crippen LogP contribution in [0.25, 0.3) is 0 Å². The summed E-state index contributed by atoms with van der Waals surface area (Å²) >= 11 is 5.93. The number of hydrogen-bond donors (Lipinski definition) is 1. The molecule has 2 aromatic carbocycles. The number of methoxy groups -OCH3 is 1. The van der Waals surface area contributed by atoms with E-state index in [9.17, 15) is 9.59 Å². The molecule has 2 aromatic rings. The highest BCUT2D eigenvalue weighted by Gasteiger charge is 2.13. The minimum atomic E-state index is -0.651. The number of nitrogens with one attached hydrogen (secondary N) is 1. The van der Waals surface area contributed by atoms with Gasteiger partial charge >= 0.3 is 5.97 Å². The zero-order valence-corrected chi connectivity index (χ0v) is 15.3. The molecule has 0 aliphatic rings. The molecule has 0 spiro atoms. The van der Waals surface area contributed by atoms with Crippen LogP contribution in [0.4, 0.5) is 0 Å². The maximum Gasteiger partial charge on any atom is 0.344 e. The molecular formula is C19H20ClNO5. The van der Waals surface area contributed by atoms with Crippen LogP contribution < -0.4 is 14.8 Å². The van der Waals surface area contributed by atoms with Gasteiger partial charge in [0.25, 0.3) is 5.91 Å². The lowest BCUT2D eigenvalue weighted by molar-refractivity contribution is -0.150. The molecule has 0 aliphatic carbocycles. The van der Waals surface area contributed by atoms with Crippen molar-refractivity contribution in [1.82, 2.24) is 5.32 Å². The van der Waals surface area contributed by atoms with Gasteiger partial charge in [-0.3, -0.25) is 4.79 Å². The molecule has 0 unspecified atom stereocenters. The number of hydrogen-bond acceptors (Lipinski definition) is 5. The van der Waals surface area contributed by atoms with Gasteiger partial charge in [0.05, 0.1) is 13.2 Å². The Hall–Kier alpha value is -2.73. The standard InChI is InChI=1S/C19H20ClNO5/c1-13(14-6-5-7-15(20)10-14)21-18(22)11-26-19(23)12-25-17-9-4-3-8-16(17)24-2/h3-10,13H,11-12H2,1-2H3,(H,21,22)/t13-/m0/s1. The molecule has 0 aliphatic heterocycles. The smallest absolute Gasteiger partial charge is 0.344 e. The van der Waals surface area contributed by atoms with Gasteiger partial charge in [-0.05, 0) is 36.8 Å². The third-order valence-corrected chi connectivity index (χ3v) is 3.74. The number of esters is 1. The van der Waals surface area contributed by atoms with Crippen molar-refractivity contribution in [3.63, 3.8) is 0 Å². The van der Waals surface area contributed by atoms with Crippen molar-refractivity contribution in [2.24, 2.45) is 0 Å². The summed E-state index contributed by atoms with van der Waals surface area (Å²) in [6.07, 6.45) is 0. The van der Waals surface area contributed by atoms with E-state index in [1.807, 2.05) is 13.0 Å². The Morgan fingerprint density at radius 1 is 1.08 bits per heavy atom. The zero-order valence-electron chi connectivity index (χ0n) is 14.5.